The maximum atomic E-state index is 12.9. The highest BCUT2D eigenvalue weighted by Crippen LogP contribution is 2.13. The lowest BCUT2D eigenvalue weighted by molar-refractivity contribution is -0.128. The Morgan fingerprint density at radius 3 is 2.26 bits per heavy atom. The monoisotopic (exact) mass is 322 g/mol. The van der Waals surface area contributed by atoms with Gasteiger partial charge in [0, 0.05) is 19.6 Å². The molecule has 1 rings (SSSR count). The molecule has 0 spiro atoms. The zero-order valence-electron chi connectivity index (χ0n) is 14.4. The third kappa shape index (κ3) is 6.67. The van der Waals surface area contributed by atoms with Crippen molar-refractivity contribution in [2.24, 2.45) is 10.4 Å². The molecule has 0 atom stereocenters. The lowest BCUT2D eigenvalue weighted by atomic mass is 9.92. The van der Waals surface area contributed by atoms with E-state index in [-0.39, 0.29) is 11.7 Å². The van der Waals surface area contributed by atoms with Crippen LogP contribution in [0.5, 0.6) is 0 Å². The third-order valence-corrected chi connectivity index (χ3v) is 3.33. The van der Waals surface area contributed by atoms with Crippen LogP contribution in [-0.4, -0.2) is 31.5 Å². The Balaban J connectivity index is 2.65. The quantitative estimate of drug-likeness (QED) is 0.532. The summed E-state index contributed by atoms with van der Waals surface area (Å²) in [6.07, 6.45) is 0. The lowest BCUT2D eigenvalue weighted by Crippen LogP contribution is -2.47. The number of aliphatic imine (C=N–C) groups is 1. The minimum Gasteiger partial charge on any atom is -0.357 e. The van der Waals surface area contributed by atoms with E-state index in [1.54, 1.807) is 12.1 Å². The normalized spacial score (nSPS) is 12.0. The van der Waals surface area contributed by atoms with Gasteiger partial charge in [-0.2, -0.15) is 0 Å². The van der Waals surface area contributed by atoms with Crippen LogP contribution >= 0.6 is 0 Å². The van der Waals surface area contributed by atoms with Crippen molar-refractivity contribution < 1.29 is 9.18 Å². The summed E-state index contributed by atoms with van der Waals surface area (Å²) in [7, 11) is 0. The van der Waals surface area contributed by atoms with E-state index in [1.807, 2.05) is 27.7 Å². The molecular weight excluding hydrogens is 295 g/mol. The Labute approximate surface area is 137 Å². The Morgan fingerprint density at radius 1 is 1.09 bits per heavy atom. The molecule has 0 aromatic heterocycles. The number of benzene rings is 1. The first-order valence-corrected chi connectivity index (χ1v) is 7.94. The van der Waals surface area contributed by atoms with Crippen molar-refractivity contribution >= 4 is 11.9 Å². The number of carbonyl (C=O) groups is 1. The average molecular weight is 322 g/mol. The highest BCUT2D eigenvalue weighted by atomic mass is 19.1. The molecule has 1 aromatic rings. The van der Waals surface area contributed by atoms with Crippen LogP contribution in [0.1, 0.15) is 33.3 Å². The fourth-order valence-corrected chi connectivity index (χ4v) is 1.89. The minimum absolute atomic E-state index is 0.00174. The van der Waals surface area contributed by atoms with Gasteiger partial charge < -0.3 is 16.0 Å². The molecule has 0 radical (unpaired) electrons. The van der Waals surface area contributed by atoms with Gasteiger partial charge in [-0.1, -0.05) is 12.1 Å². The van der Waals surface area contributed by atoms with Crippen molar-refractivity contribution in [1.29, 1.82) is 0 Å². The number of carbonyl (C=O) groups excluding carboxylic acids is 1. The van der Waals surface area contributed by atoms with Gasteiger partial charge in [0.25, 0.3) is 0 Å². The van der Waals surface area contributed by atoms with Crippen LogP contribution in [0.3, 0.4) is 0 Å². The Kier molecular flexibility index (Phi) is 7.51. The van der Waals surface area contributed by atoms with Crippen LogP contribution in [0.2, 0.25) is 0 Å². The predicted octanol–water partition coefficient (Wildman–Crippen LogP) is 2.04. The summed E-state index contributed by atoms with van der Waals surface area (Å²) in [4.78, 5) is 16.5. The summed E-state index contributed by atoms with van der Waals surface area (Å²) in [5.41, 5.74) is 0.383. The summed E-state index contributed by atoms with van der Waals surface area (Å²) in [6.45, 7) is 9.88. The third-order valence-electron chi connectivity index (χ3n) is 3.33. The first-order chi connectivity index (χ1) is 10.9. The summed E-state index contributed by atoms with van der Waals surface area (Å²) in [6, 6.07) is 6.26. The van der Waals surface area contributed by atoms with E-state index in [0.717, 1.165) is 12.1 Å². The molecule has 0 aliphatic carbocycles. The minimum atomic E-state index is -0.540. The van der Waals surface area contributed by atoms with Gasteiger partial charge in [0.15, 0.2) is 5.96 Å². The molecule has 0 bridgehead atoms. The maximum Gasteiger partial charge on any atom is 0.227 e. The van der Waals surface area contributed by atoms with Gasteiger partial charge in [0.05, 0.1) is 12.0 Å². The topological polar surface area (TPSA) is 65.5 Å². The van der Waals surface area contributed by atoms with Gasteiger partial charge >= 0.3 is 0 Å². The highest BCUT2D eigenvalue weighted by Gasteiger charge is 2.27. The van der Waals surface area contributed by atoms with Gasteiger partial charge in [-0.3, -0.25) is 4.79 Å². The first kappa shape index (κ1) is 18.9. The van der Waals surface area contributed by atoms with E-state index in [4.69, 9.17) is 0 Å². The second kappa shape index (κ2) is 9.12. The molecule has 0 saturated heterocycles. The van der Waals surface area contributed by atoms with Crippen LogP contribution < -0.4 is 16.0 Å². The zero-order valence-corrected chi connectivity index (χ0v) is 14.4. The number of nitrogens with one attached hydrogen (secondary N) is 3. The predicted molar refractivity (Wildman–Crippen MR) is 91.7 cm³/mol. The molecule has 0 saturated carbocycles. The second-order valence-electron chi connectivity index (χ2n) is 5.92. The van der Waals surface area contributed by atoms with Crippen LogP contribution in [0.4, 0.5) is 4.39 Å². The standard InChI is InChI=1S/C17H27FN4O/c1-5-19-15(23)17(3,4)12-22-16(20-6-2)21-11-13-7-9-14(18)10-8-13/h7-10H,5-6,11-12H2,1-4H3,(H,19,23)(H2,20,21,22). The maximum absolute atomic E-state index is 12.9. The van der Waals surface area contributed by atoms with E-state index < -0.39 is 5.41 Å². The van der Waals surface area contributed by atoms with Gasteiger partial charge in [-0.05, 0) is 45.4 Å². The van der Waals surface area contributed by atoms with Crippen molar-refractivity contribution in [2.75, 3.05) is 19.6 Å². The van der Waals surface area contributed by atoms with Crippen LogP contribution in [0.25, 0.3) is 0 Å². The Morgan fingerprint density at radius 2 is 1.70 bits per heavy atom. The summed E-state index contributed by atoms with van der Waals surface area (Å²) in [5.74, 6) is 0.377. The number of amides is 1. The lowest BCUT2D eigenvalue weighted by Gasteiger charge is -2.24. The van der Waals surface area contributed by atoms with Crippen molar-refractivity contribution in [1.82, 2.24) is 16.0 Å². The number of halogens is 1. The highest BCUT2D eigenvalue weighted by molar-refractivity contribution is 5.84. The number of rotatable bonds is 7. The number of hydrogen-bond donors (Lipinski definition) is 3. The molecule has 0 aliphatic heterocycles. The largest absolute Gasteiger partial charge is 0.357 e. The van der Waals surface area contributed by atoms with E-state index >= 15 is 0 Å². The second-order valence-corrected chi connectivity index (χ2v) is 5.92. The number of hydrogen-bond acceptors (Lipinski definition) is 2. The first-order valence-electron chi connectivity index (χ1n) is 7.94. The van der Waals surface area contributed by atoms with Crippen molar-refractivity contribution in [2.45, 2.75) is 34.2 Å². The molecule has 23 heavy (non-hydrogen) atoms. The van der Waals surface area contributed by atoms with E-state index in [2.05, 4.69) is 20.9 Å². The van der Waals surface area contributed by atoms with Crippen molar-refractivity contribution in [3.63, 3.8) is 0 Å². The molecule has 3 N–H and O–H groups in total. The molecule has 0 aliphatic rings. The molecule has 0 unspecified atom stereocenters. The molecule has 5 nitrogen and oxygen atoms in total. The van der Waals surface area contributed by atoms with Crippen molar-refractivity contribution in [3.8, 4) is 0 Å². The Hall–Kier alpha value is -2.11. The molecular formula is C17H27FN4O. The fourth-order valence-electron chi connectivity index (χ4n) is 1.89. The molecule has 6 heteroatoms. The van der Waals surface area contributed by atoms with Gasteiger partial charge in [0.1, 0.15) is 5.82 Å². The van der Waals surface area contributed by atoms with Gasteiger partial charge in [0.2, 0.25) is 5.91 Å². The average Bonchev–Trinajstić information content (AvgIpc) is 2.52. The molecule has 0 heterocycles. The van der Waals surface area contributed by atoms with Crippen LogP contribution in [0, 0.1) is 11.2 Å². The fraction of sp³-hybridized carbons (Fsp3) is 0.529. The number of guanidine groups is 1. The van der Waals surface area contributed by atoms with E-state index in [9.17, 15) is 9.18 Å². The van der Waals surface area contributed by atoms with E-state index in [1.165, 1.54) is 12.1 Å². The zero-order chi connectivity index (χ0) is 17.3. The van der Waals surface area contributed by atoms with Crippen molar-refractivity contribution in [3.05, 3.63) is 35.6 Å². The van der Waals surface area contributed by atoms with E-state index in [0.29, 0.717) is 25.6 Å². The van der Waals surface area contributed by atoms with Crippen LogP contribution in [0.15, 0.2) is 29.3 Å². The van der Waals surface area contributed by atoms with Gasteiger partial charge in [-0.15, -0.1) is 0 Å². The number of nitrogens with zero attached hydrogens (tertiary/aromatic N) is 1. The van der Waals surface area contributed by atoms with Gasteiger partial charge in [-0.25, -0.2) is 9.38 Å². The summed E-state index contributed by atoms with van der Waals surface area (Å²) in [5, 5.41) is 9.16. The summed E-state index contributed by atoms with van der Waals surface area (Å²) >= 11 is 0. The smallest absolute Gasteiger partial charge is 0.227 e. The Bertz CT molecular complexity index is 526. The molecule has 1 aromatic carbocycles. The summed E-state index contributed by atoms with van der Waals surface area (Å²) < 4.78 is 12.9. The SMILES string of the molecule is CCNC(=O)C(C)(C)CNC(=NCc1ccc(F)cc1)NCC. The molecule has 1 amide bonds. The molecule has 128 valence electrons. The van der Waals surface area contributed by atoms with Crippen LogP contribution in [-0.2, 0) is 11.3 Å². The molecule has 0 fully saturated rings.